The number of nitrogens with one attached hydrogen (secondary N) is 1. The van der Waals surface area contributed by atoms with Crippen molar-refractivity contribution in [1.82, 2.24) is 10.3 Å². The summed E-state index contributed by atoms with van der Waals surface area (Å²) in [5, 5.41) is 13.1. The predicted octanol–water partition coefficient (Wildman–Crippen LogP) is 1.47. The standard InChI is InChI=1S/C12H18N2O/c15-12-7-2-1-6-11(12)14-9-10-5-3-4-8-13-10/h3-5,8,11-12,14-15H,1-2,6-7,9H2/t11-,12-/m1/s1. The molecular formula is C12H18N2O. The van der Waals surface area contributed by atoms with Crippen molar-refractivity contribution in [2.75, 3.05) is 0 Å². The Morgan fingerprint density at radius 1 is 1.33 bits per heavy atom. The number of hydrogen-bond donors (Lipinski definition) is 2. The number of rotatable bonds is 3. The van der Waals surface area contributed by atoms with Crippen LogP contribution in [0.15, 0.2) is 24.4 Å². The molecule has 82 valence electrons. The van der Waals surface area contributed by atoms with E-state index in [1.165, 1.54) is 6.42 Å². The largest absolute Gasteiger partial charge is 0.392 e. The van der Waals surface area contributed by atoms with Crippen LogP contribution in [0.25, 0.3) is 0 Å². The number of aliphatic hydroxyl groups excluding tert-OH is 1. The zero-order valence-electron chi connectivity index (χ0n) is 8.89. The molecule has 2 atom stereocenters. The first-order valence-corrected chi connectivity index (χ1v) is 5.67. The summed E-state index contributed by atoms with van der Waals surface area (Å²) in [5.41, 5.74) is 1.04. The van der Waals surface area contributed by atoms with E-state index >= 15 is 0 Å². The second-order valence-corrected chi connectivity index (χ2v) is 4.16. The second-order valence-electron chi connectivity index (χ2n) is 4.16. The molecule has 0 aromatic carbocycles. The molecule has 0 radical (unpaired) electrons. The van der Waals surface area contributed by atoms with Crippen LogP contribution in [0.5, 0.6) is 0 Å². The van der Waals surface area contributed by atoms with E-state index in [1.807, 2.05) is 18.2 Å². The van der Waals surface area contributed by atoms with E-state index in [9.17, 15) is 5.11 Å². The smallest absolute Gasteiger partial charge is 0.0693 e. The zero-order valence-corrected chi connectivity index (χ0v) is 8.89. The second kappa shape index (κ2) is 5.24. The molecule has 15 heavy (non-hydrogen) atoms. The van der Waals surface area contributed by atoms with Crippen LogP contribution in [0.1, 0.15) is 31.4 Å². The maximum absolute atomic E-state index is 9.76. The predicted molar refractivity (Wildman–Crippen MR) is 59.3 cm³/mol. The third kappa shape index (κ3) is 3.01. The van der Waals surface area contributed by atoms with Gasteiger partial charge >= 0.3 is 0 Å². The van der Waals surface area contributed by atoms with Crippen LogP contribution in [0.2, 0.25) is 0 Å². The van der Waals surface area contributed by atoms with Crippen LogP contribution in [0.4, 0.5) is 0 Å². The van der Waals surface area contributed by atoms with Gasteiger partial charge in [0.2, 0.25) is 0 Å². The Labute approximate surface area is 90.5 Å². The van der Waals surface area contributed by atoms with E-state index in [0.29, 0.717) is 0 Å². The van der Waals surface area contributed by atoms with Crippen molar-refractivity contribution in [3.8, 4) is 0 Å². The molecule has 0 spiro atoms. The highest BCUT2D eigenvalue weighted by Crippen LogP contribution is 2.18. The minimum Gasteiger partial charge on any atom is -0.392 e. The third-order valence-electron chi connectivity index (χ3n) is 3.00. The molecule has 2 rings (SSSR count). The van der Waals surface area contributed by atoms with E-state index in [1.54, 1.807) is 6.20 Å². The summed E-state index contributed by atoms with van der Waals surface area (Å²) < 4.78 is 0. The molecule has 0 bridgehead atoms. The molecule has 3 nitrogen and oxygen atoms in total. The summed E-state index contributed by atoms with van der Waals surface area (Å²) in [6.45, 7) is 0.753. The van der Waals surface area contributed by atoms with Gasteiger partial charge in [0.25, 0.3) is 0 Å². The Hall–Kier alpha value is -0.930. The van der Waals surface area contributed by atoms with Crippen LogP contribution in [-0.4, -0.2) is 22.2 Å². The average Bonchev–Trinajstić information content (AvgIpc) is 2.29. The van der Waals surface area contributed by atoms with Gasteiger partial charge in [0, 0.05) is 18.8 Å². The Kier molecular flexibility index (Phi) is 3.69. The lowest BCUT2D eigenvalue weighted by Gasteiger charge is -2.28. The molecule has 0 unspecified atom stereocenters. The monoisotopic (exact) mass is 206 g/mol. The number of aromatic nitrogens is 1. The molecule has 0 saturated heterocycles. The van der Waals surface area contributed by atoms with Gasteiger partial charge in [-0.3, -0.25) is 4.98 Å². The van der Waals surface area contributed by atoms with Crippen LogP contribution >= 0.6 is 0 Å². The molecule has 1 aliphatic carbocycles. The van der Waals surface area contributed by atoms with Crippen molar-refractivity contribution in [1.29, 1.82) is 0 Å². The minimum atomic E-state index is -0.178. The van der Waals surface area contributed by atoms with Crippen molar-refractivity contribution < 1.29 is 5.11 Å². The topological polar surface area (TPSA) is 45.1 Å². The van der Waals surface area contributed by atoms with Crippen LogP contribution < -0.4 is 5.32 Å². The van der Waals surface area contributed by atoms with Gasteiger partial charge in [0.15, 0.2) is 0 Å². The van der Waals surface area contributed by atoms with E-state index < -0.39 is 0 Å². The van der Waals surface area contributed by atoms with Gasteiger partial charge in [-0.05, 0) is 25.0 Å². The Balaban J connectivity index is 1.82. The van der Waals surface area contributed by atoms with Crippen molar-refractivity contribution in [2.24, 2.45) is 0 Å². The van der Waals surface area contributed by atoms with Gasteiger partial charge in [0.05, 0.1) is 11.8 Å². The summed E-state index contributed by atoms with van der Waals surface area (Å²) >= 11 is 0. The van der Waals surface area contributed by atoms with Crippen LogP contribution in [0, 0.1) is 0 Å². The number of nitrogens with zero attached hydrogens (tertiary/aromatic N) is 1. The van der Waals surface area contributed by atoms with E-state index in [2.05, 4.69) is 10.3 Å². The van der Waals surface area contributed by atoms with Gasteiger partial charge < -0.3 is 10.4 Å². The normalized spacial score (nSPS) is 26.5. The van der Waals surface area contributed by atoms with Gasteiger partial charge in [0.1, 0.15) is 0 Å². The average molecular weight is 206 g/mol. The first-order chi connectivity index (χ1) is 7.36. The van der Waals surface area contributed by atoms with E-state index in [-0.39, 0.29) is 12.1 Å². The van der Waals surface area contributed by atoms with Crippen molar-refractivity contribution >= 4 is 0 Å². The maximum Gasteiger partial charge on any atom is 0.0693 e. The third-order valence-corrected chi connectivity index (χ3v) is 3.00. The molecule has 1 aromatic heterocycles. The first kappa shape index (κ1) is 10.6. The molecular weight excluding hydrogens is 188 g/mol. The molecule has 1 saturated carbocycles. The summed E-state index contributed by atoms with van der Waals surface area (Å²) in [6.07, 6.45) is 6.00. The summed E-state index contributed by atoms with van der Waals surface area (Å²) in [5.74, 6) is 0. The maximum atomic E-state index is 9.76. The van der Waals surface area contributed by atoms with Gasteiger partial charge in [-0.2, -0.15) is 0 Å². The molecule has 1 fully saturated rings. The van der Waals surface area contributed by atoms with E-state index in [4.69, 9.17) is 0 Å². The van der Waals surface area contributed by atoms with Crippen molar-refractivity contribution in [3.05, 3.63) is 30.1 Å². The molecule has 1 heterocycles. The first-order valence-electron chi connectivity index (χ1n) is 5.67. The highest BCUT2D eigenvalue weighted by atomic mass is 16.3. The van der Waals surface area contributed by atoms with Gasteiger partial charge in [-0.1, -0.05) is 18.9 Å². The zero-order chi connectivity index (χ0) is 10.5. The number of hydrogen-bond acceptors (Lipinski definition) is 3. The summed E-state index contributed by atoms with van der Waals surface area (Å²) in [6, 6.07) is 6.16. The Morgan fingerprint density at radius 3 is 2.93 bits per heavy atom. The quantitative estimate of drug-likeness (QED) is 0.787. The SMILES string of the molecule is O[C@@H]1CCCC[C@H]1NCc1ccccn1. The molecule has 1 aliphatic rings. The molecule has 2 N–H and O–H groups in total. The van der Waals surface area contributed by atoms with Crippen molar-refractivity contribution in [2.45, 2.75) is 44.4 Å². The number of aliphatic hydroxyl groups is 1. The Bertz CT molecular complexity index is 289. The fraction of sp³-hybridized carbons (Fsp3) is 0.583. The van der Waals surface area contributed by atoms with Crippen LogP contribution in [0.3, 0.4) is 0 Å². The molecule has 0 amide bonds. The molecule has 0 aliphatic heterocycles. The molecule has 1 aromatic rings. The van der Waals surface area contributed by atoms with Crippen LogP contribution in [-0.2, 0) is 6.54 Å². The highest BCUT2D eigenvalue weighted by molar-refractivity contribution is 5.03. The lowest BCUT2D eigenvalue weighted by atomic mass is 9.92. The van der Waals surface area contributed by atoms with E-state index in [0.717, 1.165) is 31.5 Å². The van der Waals surface area contributed by atoms with Gasteiger partial charge in [-0.25, -0.2) is 0 Å². The van der Waals surface area contributed by atoms with Gasteiger partial charge in [-0.15, -0.1) is 0 Å². The highest BCUT2D eigenvalue weighted by Gasteiger charge is 2.21. The summed E-state index contributed by atoms with van der Waals surface area (Å²) in [7, 11) is 0. The fourth-order valence-corrected chi connectivity index (χ4v) is 2.09. The minimum absolute atomic E-state index is 0.178. The summed E-state index contributed by atoms with van der Waals surface area (Å²) in [4.78, 5) is 4.24. The Morgan fingerprint density at radius 2 is 2.20 bits per heavy atom. The lowest BCUT2D eigenvalue weighted by Crippen LogP contribution is -2.41. The van der Waals surface area contributed by atoms with Crippen molar-refractivity contribution in [3.63, 3.8) is 0 Å². The number of pyridine rings is 1. The molecule has 3 heteroatoms. The fourth-order valence-electron chi connectivity index (χ4n) is 2.09. The lowest BCUT2D eigenvalue weighted by molar-refractivity contribution is 0.0901.